The molecule has 33 heavy (non-hydrogen) atoms. The topological polar surface area (TPSA) is 83.0 Å². The number of thiazole rings is 1. The largest absolute Gasteiger partial charge is 0.493 e. The second kappa shape index (κ2) is 8.95. The summed E-state index contributed by atoms with van der Waals surface area (Å²) in [5, 5.41) is 0.539. The Kier molecular flexibility index (Phi) is 5.70. The van der Waals surface area contributed by atoms with E-state index in [2.05, 4.69) is 4.98 Å². The minimum atomic E-state index is -0.798. The molecule has 2 aromatic heterocycles. The van der Waals surface area contributed by atoms with Crippen molar-refractivity contribution in [3.8, 4) is 23.0 Å². The van der Waals surface area contributed by atoms with Gasteiger partial charge < -0.3 is 18.9 Å². The number of methoxy groups -OCH3 is 2. The Hall–Kier alpha value is -3.85. The Balaban J connectivity index is 1.51. The van der Waals surface area contributed by atoms with Crippen molar-refractivity contribution in [2.24, 2.45) is 0 Å². The van der Waals surface area contributed by atoms with Gasteiger partial charge in [-0.2, -0.15) is 0 Å². The van der Waals surface area contributed by atoms with Gasteiger partial charge in [0.1, 0.15) is 6.61 Å². The predicted octanol–water partition coefficient (Wildman–Crippen LogP) is 4.08. The monoisotopic (exact) mass is 463 g/mol. The molecule has 1 aliphatic rings. The summed E-state index contributed by atoms with van der Waals surface area (Å²) in [6, 6.07) is 14.7. The zero-order chi connectivity index (χ0) is 22.8. The van der Waals surface area contributed by atoms with Gasteiger partial charge >= 0.3 is 0 Å². The summed E-state index contributed by atoms with van der Waals surface area (Å²) in [6.07, 6.45) is 2.63. The fourth-order valence-corrected chi connectivity index (χ4v) is 4.57. The second-order valence-corrected chi connectivity index (χ2v) is 8.33. The van der Waals surface area contributed by atoms with Crippen molar-refractivity contribution in [3.63, 3.8) is 0 Å². The van der Waals surface area contributed by atoms with E-state index in [9.17, 15) is 4.79 Å². The van der Waals surface area contributed by atoms with Crippen molar-refractivity contribution in [2.75, 3.05) is 25.7 Å². The number of anilines is 1. The van der Waals surface area contributed by atoms with Crippen molar-refractivity contribution >= 4 is 32.6 Å². The van der Waals surface area contributed by atoms with Crippen molar-refractivity contribution < 1.29 is 23.7 Å². The van der Waals surface area contributed by atoms with E-state index in [0.717, 1.165) is 10.3 Å². The Bertz CT molecular complexity index is 1250. The molecule has 1 atom stereocenters. The van der Waals surface area contributed by atoms with E-state index in [1.165, 1.54) is 11.3 Å². The van der Waals surface area contributed by atoms with Crippen LogP contribution >= 0.6 is 11.3 Å². The summed E-state index contributed by atoms with van der Waals surface area (Å²) in [6.45, 7) is 0.411. The summed E-state index contributed by atoms with van der Waals surface area (Å²) in [7, 11) is 3.16. The molecule has 0 bridgehead atoms. The van der Waals surface area contributed by atoms with Crippen LogP contribution in [0.5, 0.6) is 23.0 Å². The van der Waals surface area contributed by atoms with E-state index in [-0.39, 0.29) is 12.5 Å². The third-order valence-corrected chi connectivity index (χ3v) is 6.27. The van der Waals surface area contributed by atoms with Crippen LogP contribution in [0.2, 0.25) is 0 Å². The lowest BCUT2D eigenvalue weighted by molar-refractivity contribution is -0.127. The molecule has 4 aromatic rings. The van der Waals surface area contributed by atoms with Crippen LogP contribution in [0.25, 0.3) is 10.2 Å². The molecule has 0 fully saturated rings. The summed E-state index contributed by atoms with van der Waals surface area (Å²) >= 11 is 1.39. The molecular weight excluding hydrogens is 442 g/mol. The molecule has 1 unspecified atom stereocenters. The number of ether oxygens (including phenoxy) is 4. The van der Waals surface area contributed by atoms with Crippen LogP contribution in [0, 0.1) is 0 Å². The molecular formula is C24H21N3O5S. The molecule has 5 rings (SSSR count). The second-order valence-electron chi connectivity index (χ2n) is 7.32. The predicted molar refractivity (Wildman–Crippen MR) is 125 cm³/mol. The fourth-order valence-electron chi connectivity index (χ4n) is 3.59. The molecule has 0 saturated heterocycles. The minimum absolute atomic E-state index is 0.117. The number of carbonyl (C=O) groups excluding carboxylic acids is 1. The average molecular weight is 464 g/mol. The van der Waals surface area contributed by atoms with Gasteiger partial charge in [0.05, 0.1) is 31.0 Å². The Morgan fingerprint density at radius 1 is 1.12 bits per heavy atom. The lowest BCUT2D eigenvalue weighted by Gasteiger charge is -2.29. The number of pyridine rings is 1. The van der Waals surface area contributed by atoms with Gasteiger partial charge in [-0.05, 0) is 23.8 Å². The van der Waals surface area contributed by atoms with Gasteiger partial charge in [0, 0.05) is 24.5 Å². The highest BCUT2D eigenvalue weighted by atomic mass is 32.1. The van der Waals surface area contributed by atoms with Crippen LogP contribution in [-0.4, -0.2) is 42.8 Å². The molecule has 0 aliphatic carbocycles. The molecule has 8 nitrogen and oxygen atoms in total. The third-order valence-electron chi connectivity index (χ3n) is 5.23. The van der Waals surface area contributed by atoms with Crippen molar-refractivity contribution in [3.05, 3.63) is 66.5 Å². The van der Waals surface area contributed by atoms with Crippen LogP contribution in [0.4, 0.5) is 5.13 Å². The van der Waals surface area contributed by atoms with Crippen LogP contribution in [-0.2, 0) is 11.3 Å². The van der Waals surface area contributed by atoms with Gasteiger partial charge in [0.15, 0.2) is 28.1 Å². The quantitative estimate of drug-likeness (QED) is 0.426. The van der Waals surface area contributed by atoms with Crippen LogP contribution in [0.15, 0.2) is 60.9 Å². The highest BCUT2D eigenvalue weighted by Gasteiger charge is 2.33. The first-order valence-corrected chi connectivity index (χ1v) is 11.1. The maximum atomic E-state index is 13.7. The number of nitrogens with zero attached hydrogens (tertiary/aromatic N) is 3. The molecule has 168 valence electrons. The number of rotatable bonds is 6. The SMILES string of the molecule is COc1cc2nc(N(Cc3cccnc3)C(=O)C3COc4ccccc4O3)sc2cc1OC. The smallest absolute Gasteiger partial charge is 0.273 e. The Labute approximate surface area is 194 Å². The summed E-state index contributed by atoms with van der Waals surface area (Å²) in [5.74, 6) is 2.10. The number of benzene rings is 2. The molecule has 0 radical (unpaired) electrons. The molecule has 0 spiro atoms. The van der Waals surface area contributed by atoms with Gasteiger partial charge in [-0.15, -0.1) is 0 Å². The van der Waals surface area contributed by atoms with Crippen LogP contribution < -0.4 is 23.8 Å². The van der Waals surface area contributed by atoms with E-state index in [1.54, 1.807) is 43.6 Å². The number of carbonyl (C=O) groups is 1. The standard InChI is InChI=1S/C24H21N3O5S/c1-29-19-10-16-22(11-20(19)30-2)33-24(26-16)27(13-15-6-5-9-25-12-15)23(28)21-14-31-17-7-3-4-8-18(17)32-21/h3-12,21H,13-14H2,1-2H3. The normalized spacial score (nSPS) is 14.7. The Morgan fingerprint density at radius 2 is 1.91 bits per heavy atom. The number of hydrogen-bond donors (Lipinski definition) is 0. The van der Waals surface area contributed by atoms with Crippen molar-refractivity contribution in [2.45, 2.75) is 12.6 Å². The number of para-hydroxylation sites is 2. The van der Waals surface area contributed by atoms with Gasteiger partial charge in [-0.1, -0.05) is 29.5 Å². The molecule has 2 aromatic carbocycles. The van der Waals surface area contributed by atoms with Crippen molar-refractivity contribution in [1.82, 2.24) is 9.97 Å². The van der Waals surface area contributed by atoms with Crippen molar-refractivity contribution in [1.29, 1.82) is 0 Å². The zero-order valence-corrected chi connectivity index (χ0v) is 18.9. The first-order chi connectivity index (χ1) is 16.2. The first kappa shape index (κ1) is 21.0. The third kappa shape index (κ3) is 4.14. The lowest BCUT2D eigenvalue weighted by Crippen LogP contribution is -2.46. The van der Waals surface area contributed by atoms with Crippen LogP contribution in [0.1, 0.15) is 5.56 Å². The maximum Gasteiger partial charge on any atom is 0.273 e. The highest BCUT2D eigenvalue weighted by Crippen LogP contribution is 2.38. The Morgan fingerprint density at radius 3 is 2.67 bits per heavy atom. The van der Waals surface area contributed by atoms with E-state index in [4.69, 9.17) is 23.9 Å². The zero-order valence-electron chi connectivity index (χ0n) is 18.1. The summed E-state index contributed by atoms with van der Waals surface area (Å²) in [5.41, 5.74) is 1.58. The molecule has 9 heteroatoms. The van der Waals surface area contributed by atoms with Gasteiger partial charge in [0.25, 0.3) is 5.91 Å². The maximum absolute atomic E-state index is 13.7. The molecule has 0 saturated carbocycles. The number of amides is 1. The fraction of sp³-hybridized carbons (Fsp3) is 0.208. The molecule has 1 aliphatic heterocycles. The van der Waals surface area contributed by atoms with Gasteiger partial charge in [-0.25, -0.2) is 4.98 Å². The first-order valence-electron chi connectivity index (χ1n) is 10.3. The molecule has 1 amide bonds. The van der Waals surface area contributed by atoms with E-state index in [0.29, 0.717) is 40.2 Å². The summed E-state index contributed by atoms with van der Waals surface area (Å²) in [4.78, 5) is 24.2. The van der Waals surface area contributed by atoms with E-state index >= 15 is 0 Å². The van der Waals surface area contributed by atoms with Crippen LogP contribution in [0.3, 0.4) is 0 Å². The minimum Gasteiger partial charge on any atom is -0.493 e. The summed E-state index contributed by atoms with van der Waals surface area (Å²) < 4.78 is 23.5. The number of hydrogen-bond acceptors (Lipinski definition) is 8. The average Bonchev–Trinajstić information content (AvgIpc) is 3.28. The van der Waals surface area contributed by atoms with Gasteiger partial charge in [0.2, 0.25) is 6.10 Å². The number of aromatic nitrogens is 2. The number of fused-ring (bicyclic) bond motifs is 2. The molecule has 3 heterocycles. The van der Waals surface area contributed by atoms with Gasteiger partial charge in [-0.3, -0.25) is 14.7 Å². The highest BCUT2D eigenvalue weighted by molar-refractivity contribution is 7.22. The lowest BCUT2D eigenvalue weighted by atomic mass is 10.2. The van der Waals surface area contributed by atoms with E-state index in [1.807, 2.05) is 36.4 Å². The van der Waals surface area contributed by atoms with E-state index < -0.39 is 6.10 Å². The molecule has 0 N–H and O–H groups in total.